The number of aryl methyl sites for hydroxylation is 1. The van der Waals surface area contributed by atoms with Gasteiger partial charge in [0.1, 0.15) is 11.3 Å². The third-order valence-corrected chi connectivity index (χ3v) is 3.97. The number of hydrogen-bond donors (Lipinski definition) is 0. The summed E-state index contributed by atoms with van der Waals surface area (Å²) in [4.78, 5) is 9.16. The topological polar surface area (TPSA) is 30.7 Å². The van der Waals surface area contributed by atoms with Gasteiger partial charge in [0, 0.05) is 10.7 Å². The van der Waals surface area contributed by atoms with Crippen LogP contribution < -0.4 is 0 Å². The van der Waals surface area contributed by atoms with Gasteiger partial charge in [0.25, 0.3) is 0 Å². The summed E-state index contributed by atoms with van der Waals surface area (Å²) in [6, 6.07) is 10.0. The average Bonchev–Trinajstić information content (AvgIpc) is 2.78. The number of para-hydroxylation sites is 1. The van der Waals surface area contributed by atoms with Crippen LogP contribution >= 0.6 is 27.5 Å². The molecule has 3 aromatic rings. The van der Waals surface area contributed by atoms with Crippen LogP contribution in [0.5, 0.6) is 0 Å². The Bertz CT molecular complexity index is 780. The molecule has 0 spiro atoms. The van der Waals surface area contributed by atoms with Crippen molar-refractivity contribution in [3.05, 3.63) is 52.4 Å². The van der Waals surface area contributed by atoms with E-state index in [9.17, 15) is 0 Å². The van der Waals surface area contributed by atoms with E-state index >= 15 is 0 Å². The van der Waals surface area contributed by atoms with Gasteiger partial charge < -0.3 is 0 Å². The lowest BCUT2D eigenvalue weighted by Gasteiger charge is -2.11. The number of aromatic nitrogens is 3. The Hall–Kier alpha value is -1.39. The summed E-state index contributed by atoms with van der Waals surface area (Å²) in [5.41, 5.74) is 3.77. The molecule has 20 heavy (non-hydrogen) atoms. The first-order valence-electron chi connectivity index (χ1n) is 6.32. The molecule has 0 N–H and O–H groups in total. The van der Waals surface area contributed by atoms with E-state index in [-0.39, 0.29) is 5.38 Å². The Kier molecular flexibility index (Phi) is 3.52. The Morgan fingerprint density at radius 3 is 2.75 bits per heavy atom. The summed E-state index contributed by atoms with van der Waals surface area (Å²) in [6.07, 6.45) is 1.85. The summed E-state index contributed by atoms with van der Waals surface area (Å²) >= 11 is 9.88. The molecule has 0 aliphatic rings. The van der Waals surface area contributed by atoms with Crippen LogP contribution in [0.4, 0.5) is 0 Å². The first-order valence-corrected chi connectivity index (χ1v) is 7.55. The van der Waals surface area contributed by atoms with Crippen LogP contribution in [0.15, 0.2) is 41.0 Å². The SMILES string of the molecule is Cc1cnc2c(c1)nc(C(C)Cl)n2-c1ccccc1Br. The molecule has 0 saturated heterocycles. The highest BCUT2D eigenvalue weighted by molar-refractivity contribution is 9.10. The molecule has 3 rings (SSSR count). The Morgan fingerprint density at radius 1 is 1.30 bits per heavy atom. The minimum atomic E-state index is -0.198. The standard InChI is InChI=1S/C15H13BrClN3/c1-9-7-12-15(18-8-9)20(14(19-12)10(2)17)13-6-4-3-5-11(13)16/h3-8,10H,1-2H3. The summed E-state index contributed by atoms with van der Waals surface area (Å²) in [6.45, 7) is 3.93. The van der Waals surface area contributed by atoms with Crippen molar-refractivity contribution in [2.75, 3.05) is 0 Å². The zero-order valence-electron chi connectivity index (χ0n) is 11.1. The lowest BCUT2D eigenvalue weighted by Crippen LogP contribution is -2.03. The van der Waals surface area contributed by atoms with E-state index in [1.807, 2.05) is 54.9 Å². The van der Waals surface area contributed by atoms with Crippen LogP contribution in [0.3, 0.4) is 0 Å². The smallest absolute Gasteiger partial charge is 0.164 e. The van der Waals surface area contributed by atoms with Crippen LogP contribution in [0.25, 0.3) is 16.9 Å². The van der Waals surface area contributed by atoms with Gasteiger partial charge in [0.05, 0.1) is 11.1 Å². The van der Waals surface area contributed by atoms with Crippen molar-refractivity contribution in [1.82, 2.24) is 14.5 Å². The number of hydrogen-bond acceptors (Lipinski definition) is 2. The third kappa shape index (κ3) is 2.23. The van der Waals surface area contributed by atoms with Crippen LogP contribution in [-0.4, -0.2) is 14.5 Å². The number of benzene rings is 1. The monoisotopic (exact) mass is 349 g/mol. The van der Waals surface area contributed by atoms with Gasteiger partial charge in [-0.25, -0.2) is 9.97 Å². The van der Waals surface area contributed by atoms with Gasteiger partial charge >= 0.3 is 0 Å². The highest BCUT2D eigenvalue weighted by Gasteiger charge is 2.18. The lowest BCUT2D eigenvalue weighted by atomic mass is 10.3. The molecule has 5 heteroatoms. The number of alkyl halides is 1. The van der Waals surface area contributed by atoms with E-state index in [0.29, 0.717) is 0 Å². The molecular weight excluding hydrogens is 338 g/mol. The molecule has 0 fully saturated rings. The van der Waals surface area contributed by atoms with Gasteiger partial charge in [0.15, 0.2) is 5.65 Å². The molecule has 0 bridgehead atoms. The van der Waals surface area contributed by atoms with Crippen molar-refractivity contribution in [3.8, 4) is 5.69 Å². The summed E-state index contributed by atoms with van der Waals surface area (Å²) in [5.74, 6) is 0.798. The molecule has 0 amide bonds. The van der Waals surface area contributed by atoms with Crippen molar-refractivity contribution < 1.29 is 0 Å². The van der Waals surface area contributed by atoms with Crippen molar-refractivity contribution in [3.63, 3.8) is 0 Å². The number of fused-ring (bicyclic) bond motifs is 1. The number of imidazole rings is 1. The van der Waals surface area contributed by atoms with Crippen LogP contribution in [0, 0.1) is 6.92 Å². The summed E-state index contributed by atoms with van der Waals surface area (Å²) < 4.78 is 3.00. The number of pyridine rings is 1. The second-order valence-electron chi connectivity index (χ2n) is 4.73. The van der Waals surface area contributed by atoms with E-state index in [2.05, 4.69) is 25.9 Å². The number of nitrogens with zero attached hydrogens (tertiary/aromatic N) is 3. The molecule has 0 radical (unpaired) electrons. The molecule has 2 aromatic heterocycles. The number of rotatable bonds is 2. The Labute approximate surface area is 130 Å². The summed E-state index contributed by atoms with van der Waals surface area (Å²) in [5, 5.41) is -0.198. The molecule has 0 aliphatic carbocycles. The Balaban J connectivity index is 2.38. The fourth-order valence-electron chi connectivity index (χ4n) is 2.22. The summed E-state index contributed by atoms with van der Waals surface area (Å²) in [7, 11) is 0. The molecule has 1 atom stereocenters. The second-order valence-corrected chi connectivity index (χ2v) is 6.24. The molecule has 1 aromatic carbocycles. The van der Waals surface area contributed by atoms with Crippen molar-refractivity contribution in [2.45, 2.75) is 19.2 Å². The minimum absolute atomic E-state index is 0.198. The first-order chi connectivity index (χ1) is 9.58. The maximum Gasteiger partial charge on any atom is 0.164 e. The van der Waals surface area contributed by atoms with Gasteiger partial charge in [-0.15, -0.1) is 11.6 Å². The van der Waals surface area contributed by atoms with Crippen LogP contribution in [0.1, 0.15) is 23.7 Å². The van der Waals surface area contributed by atoms with Gasteiger partial charge in [-0.3, -0.25) is 4.57 Å². The predicted molar refractivity (Wildman–Crippen MR) is 85.6 cm³/mol. The molecule has 3 nitrogen and oxygen atoms in total. The van der Waals surface area contributed by atoms with Gasteiger partial charge in [0.2, 0.25) is 0 Å². The number of halogens is 2. The minimum Gasteiger partial charge on any atom is -0.278 e. The van der Waals surface area contributed by atoms with E-state index in [1.54, 1.807) is 0 Å². The largest absolute Gasteiger partial charge is 0.278 e. The zero-order valence-corrected chi connectivity index (χ0v) is 13.5. The lowest BCUT2D eigenvalue weighted by molar-refractivity contribution is 0.874. The average molecular weight is 351 g/mol. The van der Waals surface area contributed by atoms with Crippen LogP contribution in [0.2, 0.25) is 0 Å². The normalized spacial score (nSPS) is 12.8. The van der Waals surface area contributed by atoms with Crippen LogP contribution in [-0.2, 0) is 0 Å². The van der Waals surface area contributed by atoms with Crippen molar-refractivity contribution in [2.24, 2.45) is 0 Å². The van der Waals surface area contributed by atoms with E-state index in [1.165, 1.54) is 0 Å². The molecule has 102 valence electrons. The van der Waals surface area contributed by atoms with E-state index in [4.69, 9.17) is 11.6 Å². The first kappa shape index (κ1) is 13.6. The van der Waals surface area contributed by atoms with Gasteiger partial charge in [-0.2, -0.15) is 0 Å². The quantitative estimate of drug-likeness (QED) is 0.622. The maximum absolute atomic E-state index is 6.30. The molecular formula is C15H13BrClN3. The predicted octanol–water partition coefficient (Wildman–Crippen LogP) is 4.79. The third-order valence-electron chi connectivity index (χ3n) is 3.11. The van der Waals surface area contributed by atoms with E-state index in [0.717, 1.165) is 32.7 Å². The molecule has 2 heterocycles. The van der Waals surface area contributed by atoms with Gasteiger partial charge in [-0.05, 0) is 53.5 Å². The fraction of sp³-hybridized carbons (Fsp3) is 0.200. The maximum atomic E-state index is 6.30. The van der Waals surface area contributed by atoms with Crippen molar-refractivity contribution >= 4 is 38.7 Å². The highest BCUT2D eigenvalue weighted by Crippen LogP contribution is 2.30. The highest BCUT2D eigenvalue weighted by atomic mass is 79.9. The molecule has 0 aliphatic heterocycles. The van der Waals surface area contributed by atoms with Gasteiger partial charge in [-0.1, -0.05) is 12.1 Å². The van der Waals surface area contributed by atoms with E-state index < -0.39 is 0 Å². The molecule has 0 saturated carbocycles. The Morgan fingerprint density at radius 2 is 2.05 bits per heavy atom. The second kappa shape index (κ2) is 5.19. The zero-order chi connectivity index (χ0) is 14.3. The fourth-order valence-corrected chi connectivity index (χ4v) is 2.83. The molecule has 1 unspecified atom stereocenters. The van der Waals surface area contributed by atoms with Crippen molar-refractivity contribution in [1.29, 1.82) is 0 Å².